The van der Waals surface area contributed by atoms with Gasteiger partial charge in [-0.3, -0.25) is 9.97 Å². The van der Waals surface area contributed by atoms with Gasteiger partial charge in [0.25, 0.3) is 0 Å². The second kappa shape index (κ2) is 6.85. The molecule has 0 saturated carbocycles. The Balaban J connectivity index is 2.21. The molecule has 0 spiro atoms. The van der Waals surface area contributed by atoms with Crippen LogP contribution in [0.5, 0.6) is 5.75 Å². The van der Waals surface area contributed by atoms with Gasteiger partial charge in [0.2, 0.25) is 0 Å². The van der Waals surface area contributed by atoms with Gasteiger partial charge in [-0.25, -0.2) is 0 Å². The Hall–Kier alpha value is -1.94. The summed E-state index contributed by atoms with van der Waals surface area (Å²) < 4.78 is 5.40. The maximum absolute atomic E-state index is 5.40. The van der Waals surface area contributed by atoms with E-state index < -0.39 is 0 Å². The molecular weight excluding hydrogens is 238 g/mol. The molecule has 4 nitrogen and oxygen atoms in total. The van der Waals surface area contributed by atoms with Crippen LogP contribution >= 0.6 is 0 Å². The summed E-state index contributed by atoms with van der Waals surface area (Å²) in [5.41, 5.74) is 2.12. The summed E-state index contributed by atoms with van der Waals surface area (Å²) in [7, 11) is 1.70. The number of nitrogens with one attached hydrogen (secondary N) is 1. The summed E-state index contributed by atoms with van der Waals surface area (Å²) >= 11 is 0. The number of para-hydroxylation sites is 1. The highest BCUT2D eigenvalue weighted by Crippen LogP contribution is 2.23. The van der Waals surface area contributed by atoms with Crippen LogP contribution in [0.2, 0.25) is 0 Å². The Morgan fingerprint density at radius 2 is 2.11 bits per heavy atom. The average molecular weight is 257 g/mol. The predicted molar refractivity (Wildman–Crippen MR) is 75.1 cm³/mol. The molecule has 1 N–H and O–H groups in total. The van der Waals surface area contributed by atoms with E-state index in [2.05, 4.69) is 28.3 Å². The quantitative estimate of drug-likeness (QED) is 0.863. The largest absolute Gasteiger partial charge is 0.496 e. The third-order valence-corrected chi connectivity index (χ3v) is 3.01. The van der Waals surface area contributed by atoms with Crippen LogP contribution in [0.3, 0.4) is 0 Å². The average Bonchev–Trinajstić information content (AvgIpc) is 2.48. The lowest BCUT2D eigenvalue weighted by atomic mass is 10.0. The molecule has 1 unspecified atom stereocenters. The van der Waals surface area contributed by atoms with Crippen molar-refractivity contribution >= 4 is 0 Å². The van der Waals surface area contributed by atoms with Crippen LogP contribution in [0.25, 0.3) is 0 Å². The van der Waals surface area contributed by atoms with Crippen LogP contribution in [0.15, 0.2) is 42.9 Å². The van der Waals surface area contributed by atoms with Gasteiger partial charge in [-0.05, 0) is 24.6 Å². The molecule has 0 radical (unpaired) electrons. The molecule has 0 aliphatic rings. The van der Waals surface area contributed by atoms with Gasteiger partial charge < -0.3 is 10.1 Å². The van der Waals surface area contributed by atoms with Gasteiger partial charge in [0.15, 0.2) is 0 Å². The zero-order valence-electron chi connectivity index (χ0n) is 11.3. The lowest BCUT2D eigenvalue weighted by Crippen LogP contribution is -2.24. The lowest BCUT2D eigenvalue weighted by Gasteiger charge is -2.18. The molecule has 1 aromatic heterocycles. The van der Waals surface area contributed by atoms with E-state index in [1.807, 2.05) is 24.4 Å². The van der Waals surface area contributed by atoms with Crippen molar-refractivity contribution in [2.75, 3.05) is 13.7 Å². The monoisotopic (exact) mass is 257 g/mol. The fourth-order valence-corrected chi connectivity index (χ4v) is 2.11. The van der Waals surface area contributed by atoms with E-state index in [0.29, 0.717) is 0 Å². The Kier molecular flexibility index (Phi) is 4.86. The lowest BCUT2D eigenvalue weighted by molar-refractivity contribution is 0.405. The molecule has 100 valence electrons. The number of hydrogen-bond donors (Lipinski definition) is 1. The summed E-state index contributed by atoms with van der Waals surface area (Å²) in [6.45, 7) is 2.97. The molecule has 4 heteroatoms. The van der Waals surface area contributed by atoms with Gasteiger partial charge in [-0.1, -0.05) is 25.1 Å². The number of methoxy groups -OCH3 is 1. The first-order chi connectivity index (χ1) is 9.35. The molecule has 19 heavy (non-hydrogen) atoms. The van der Waals surface area contributed by atoms with Crippen molar-refractivity contribution in [3.63, 3.8) is 0 Å². The van der Waals surface area contributed by atoms with E-state index in [1.165, 1.54) is 5.56 Å². The van der Waals surface area contributed by atoms with E-state index in [1.54, 1.807) is 19.5 Å². The van der Waals surface area contributed by atoms with Crippen molar-refractivity contribution in [3.05, 3.63) is 54.1 Å². The van der Waals surface area contributed by atoms with E-state index in [-0.39, 0.29) is 6.04 Å². The molecule has 1 atom stereocenters. The maximum Gasteiger partial charge on any atom is 0.122 e. The van der Waals surface area contributed by atoms with Crippen molar-refractivity contribution in [2.45, 2.75) is 19.4 Å². The fraction of sp³-hybridized carbons (Fsp3) is 0.333. The van der Waals surface area contributed by atoms with E-state index >= 15 is 0 Å². The van der Waals surface area contributed by atoms with Gasteiger partial charge in [0.05, 0.1) is 18.8 Å². The Bertz CT molecular complexity index is 502. The number of ether oxygens (including phenoxy) is 1. The molecule has 1 aromatic carbocycles. The molecule has 0 bridgehead atoms. The molecule has 1 heterocycles. The first-order valence-electron chi connectivity index (χ1n) is 6.46. The second-order valence-electron chi connectivity index (χ2n) is 4.26. The van der Waals surface area contributed by atoms with Crippen LogP contribution in [-0.4, -0.2) is 23.6 Å². The van der Waals surface area contributed by atoms with Crippen LogP contribution in [0, 0.1) is 0 Å². The van der Waals surface area contributed by atoms with Gasteiger partial charge >= 0.3 is 0 Å². The van der Waals surface area contributed by atoms with Gasteiger partial charge in [-0.15, -0.1) is 0 Å². The minimum atomic E-state index is 0.148. The van der Waals surface area contributed by atoms with Crippen LogP contribution in [0.1, 0.15) is 24.2 Å². The summed E-state index contributed by atoms with van der Waals surface area (Å²) in [5, 5.41) is 3.44. The molecule has 0 fully saturated rings. The topological polar surface area (TPSA) is 47.0 Å². The third-order valence-electron chi connectivity index (χ3n) is 3.01. The van der Waals surface area contributed by atoms with Crippen molar-refractivity contribution in [1.82, 2.24) is 15.3 Å². The van der Waals surface area contributed by atoms with Crippen molar-refractivity contribution < 1.29 is 4.74 Å². The molecule has 0 amide bonds. The highest BCUT2D eigenvalue weighted by Gasteiger charge is 2.14. The summed E-state index contributed by atoms with van der Waals surface area (Å²) in [5.74, 6) is 0.911. The number of likely N-dealkylation sites (N-methyl/N-ethyl adjacent to an activating group) is 1. The molecule has 2 aromatic rings. The van der Waals surface area contributed by atoms with Gasteiger partial charge in [-0.2, -0.15) is 0 Å². The van der Waals surface area contributed by atoms with Crippen LogP contribution < -0.4 is 10.1 Å². The third kappa shape index (κ3) is 3.51. The Labute approximate surface area is 113 Å². The second-order valence-corrected chi connectivity index (χ2v) is 4.26. The zero-order valence-corrected chi connectivity index (χ0v) is 11.3. The summed E-state index contributed by atoms with van der Waals surface area (Å²) in [6.07, 6.45) is 6.05. The number of benzene rings is 1. The van der Waals surface area contributed by atoms with Crippen LogP contribution in [-0.2, 0) is 6.42 Å². The van der Waals surface area contributed by atoms with E-state index in [4.69, 9.17) is 4.74 Å². The minimum absolute atomic E-state index is 0.148. The van der Waals surface area contributed by atoms with Crippen LogP contribution in [0.4, 0.5) is 0 Å². The minimum Gasteiger partial charge on any atom is -0.496 e. The fourth-order valence-electron chi connectivity index (χ4n) is 2.11. The normalized spacial score (nSPS) is 12.1. The summed E-state index contributed by atoms with van der Waals surface area (Å²) in [6, 6.07) is 8.22. The molecule has 2 rings (SSSR count). The number of hydrogen-bond acceptors (Lipinski definition) is 4. The predicted octanol–water partition coefficient (Wildman–Crippen LogP) is 2.38. The number of aromatic nitrogens is 2. The molecule has 0 saturated heterocycles. The first-order valence-corrected chi connectivity index (χ1v) is 6.46. The van der Waals surface area contributed by atoms with E-state index in [0.717, 1.165) is 24.4 Å². The summed E-state index contributed by atoms with van der Waals surface area (Å²) in [4.78, 5) is 8.52. The molecular formula is C15H19N3O. The zero-order chi connectivity index (χ0) is 13.5. The Morgan fingerprint density at radius 3 is 2.79 bits per heavy atom. The van der Waals surface area contributed by atoms with E-state index in [9.17, 15) is 0 Å². The SMILES string of the molecule is CCNC(Cc1ccccc1OC)c1cnccn1. The van der Waals surface area contributed by atoms with Gasteiger partial charge in [0.1, 0.15) is 5.75 Å². The molecule has 0 aliphatic carbocycles. The van der Waals surface area contributed by atoms with Crippen molar-refractivity contribution in [3.8, 4) is 5.75 Å². The van der Waals surface area contributed by atoms with Gasteiger partial charge in [0, 0.05) is 18.6 Å². The van der Waals surface area contributed by atoms with Crippen molar-refractivity contribution in [1.29, 1.82) is 0 Å². The maximum atomic E-state index is 5.40. The highest BCUT2D eigenvalue weighted by molar-refractivity contribution is 5.34. The number of nitrogens with zero attached hydrogens (tertiary/aromatic N) is 2. The Morgan fingerprint density at radius 1 is 1.26 bits per heavy atom. The van der Waals surface area contributed by atoms with Crippen molar-refractivity contribution in [2.24, 2.45) is 0 Å². The first kappa shape index (κ1) is 13.5. The highest BCUT2D eigenvalue weighted by atomic mass is 16.5. The standard InChI is InChI=1S/C15H19N3O/c1-3-17-13(14-11-16-8-9-18-14)10-12-6-4-5-7-15(12)19-2/h4-9,11,13,17H,3,10H2,1-2H3. The smallest absolute Gasteiger partial charge is 0.122 e. The number of rotatable bonds is 6. The molecule has 0 aliphatic heterocycles.